The van der Waals surface area contributed by atoms with Gasteiger partial charge in [-0.05, 0) is 37.6 Å². The Hall–Kier alpha value is -3.93. The first-order valence-corrected chi connectivity index (χ1v) is 10.6. The Balaban J connectivity index is 1.57. The molecule has 0 N–H and O–H groups in total. The molecule has 0 spiro atoms. The summed E-state index contributed by atoms with van der Waals surface area (Å²) in [5, 5.41) is 1.05. The summed E-state index contributed by atoms with van der Waals surface area (Å²) in [5.41, 5.74) is 7.27. The minimum atomic E-state index is 0.165. The molecule has 3 aromatic heterocycles. The van der Waals surface area contributed by atoms with Crippen LogP contribution in [0.1, 0.15) is 35.4 Å². The minimum Gasteiger partial charge on any atom is -0.494 e. The van der Waals surface area contributed by atoms with E-state index in [4.69, 9.17) is 4.74 Å². The van der Waals surface area contributed by atoms with Crippen molar-refractivity contribution >= 4 is 11.0 Å². The standard InChI is InChI=1S/C26H25N5O/c1-17-5-7-20(8-6-17)19(3)25-22-11-12-31(26(22)28-15-27-25)21-9-10-23(24(13-21)32-4)30-14-18(2)29-16-30/h5-16,19H,1-4H3. The summed E-state index contributed by atoms with van der Waals surface area (Å²) in [5.74, 6) is 0.933. The summed E-state index contributed by atoms with van der Waals surface area (Å²) < 4.78 is 9.74. The zero-order chi connectivity index (χ0) is 22.2. The molecular weight excluding hydrogens is 398 g/mol. The monoisotopic (exact) mass is 423 g/mol. The smallest absolute Gasteiger partial charge is 0.148 e. The van der Waals surface area contributed by atoms with Crippen LogP contribution in [0, 0.1) is 13.8 Å². The number of fused-ring (bicyclic) bond motifs is 1. The van der Waals surface area contributed by atoms with Gasteiger partial charge in [-0.15, -0.1) is 0 Å². The number of ether oxygens (including phenoxy) is 1. The average Bonchev–Trinajstić information content (AvgIpc) is 3.45. The van der Waals surface area contributed by atoms with E-state index in [0.29, 0.717) is 0 Å². The summed E-state index contributed by atoms with van der Waals surface area (Å²) in [6.07, 6.45) is 7.47. The van der Waals surface area contributed by atoms with E-state index in [1.54, 1.807) is 19.8 Å². The lowest BCUT2D eigenvalue weighted by Crippen LogP contribution is -2.03. The molecule has 0 aliphatic carbocycles. The molecule has 0 aliphatic heterocycles. The number of imidazole rings is 1. The molecular formula is C26H25N5O. The van der Waals surface area contributed by atoms with Crippen molar-refractivity contribution < 1.29 is 4.74 Å². The molecule has 6 heteroatoms. The maximum atomic E-state index is 5.69. The van der Waals surface area contributed by atoms with E-state index in [1.165, 1.54) is 11.1 Å². The van der Waals surface area contributed by atoms with Crippen LogP contribution in [0.5, 0.6) is 5.75 Å². The highest BCUT2D eigenvalue weighted by molar-refractivity contribution is 5.81. The Bertz CT molecular complexity index is 1400. The number of rotatable bonds is 5. The number of hydrogen-bond acceptors (Lipinski definition) is 4. The summed E-state index contributed by atoms with van der Waals surface area (Å²) in [7, 11) is 1.68. The number of aryl methyl sites for hydroxylation is 2. The van der Waals surface area contributed by atoms with Gasteiger partial charge in [-0.25, -0.2) is 15.0 Å². The number of benzene rings is 2. The van der Waals surface area contributed by atoms with Crippen molar-refractivity contribution in [3.05, 3.63) is 96.1 Å². The van der Waals surface area contributed by atoms with Gasteiger partial charge in [0.25, 0.3) is 0 Å². The lowest BCUT2D eigenvalue weighted by atomic mass is 9.95. The Morgan fingerprint density at radius 1 is 0.938 bits per heavy atom. The summed E-state index contributed by atoms with van der Waals surface area (Å²) >= 11 is 0. The van der Waals surface area contributed by atoms with Gasteiger partial charge in [0.15, 0.2) is 0 Å². The molecule has 2 aromatic carbocycles. The Morgan fingerprint density at radius 2 is 1.75 bits per heavy atom. The van der Waals surface area contributed by atoms with Crippen LogP contribution in [0.2, 0.25) is 0 Å². The molecule has 32 heavy (non-hydrogen) atoms. The highest BCUT2D eigenvalue weighted by Crippen LogP contribution is 2.32. The van der Waals surface area contributed by atoms with Crippen LogP contribution >= 0.6 is 0 Å². The van der Waals surface area contributed by atoms with Crippen LogP contribution in [0.25, 0.3) is 22.4 Å². The molecule has 0 radical (unpaired) electrons. The second-order valence-corrected chi connectivity index (χ2v) is 8.09. The first-order chi connectivity index (χ1) is 15.5. The molecule has 6 nitrogen and oxygen atoms in total. The van der Waals surface area contributed by atoms with Crippen molar-refractivity contribution in [3.8, 4) is 17.1 Å². The van der Waals surface area contributed by atoms with Gasteiger partial charge in [-0.3, -0.25) is 0 Å². The van der Waals surface area contributed by atoms with Crippen LogP contribution in [0.15, 0.2) is 73.6 Å². The van der Waals surface area contributed by atoms with E-state index >= 15 is 0 Å². The maximum absolute atomic E-state index is 5.69. The Morgan fingerprint density at radius 3 is 2.47 bits per heavy atom. The van der Waals surface area contributed by atoms with Gasteiger partial charge >= 0.3 is 0 Å². The molecule has 1 unspecified atom stereocenters. The van der Waals surface area contributed by atoms with E-state index in [2.05, 4.69) is 69.8 Å². The van der Waals surface area contributed by atoms with Crippen molar-refractivity contribution in [1.29, 1.82) is 0 Å². The second kappa shape index (κ2) is 7.96. The minimum absolute atomic E-state index is 0.165. The lowest BCUT2D eigenvalue weighted by molar-refractivity contribution is 0.412. The topological polar surface area (TPSA) is 57.8 Å². The zero-order valence-corrected chi connectivity index (χ0v) is 18.6. The van der Waals surface area contributed by atoms with Crippen molar-refractivity contribution in [2.75, 3.05) is 7.11 Å². The highest BCUT2D eigenvalue weighted by atomic mass is 16.5. The van der Waals surface area contributed by atoms with Crippen LogP contribution < -0.4 is 4.74 Å². The molecule has 160 valence electrons. The van der Waals surface area contributed by atoms with Crippen LogP contribution in [-0.2, 0) is 0 Å². The third kappa shape index (κ3) is 3.43. The average molecular weight is 424 g/mol. The summed E-state index contributed by atoms with van der Waals surface area (Å²) in [6.45, 7) is 6.26. The number of aromatic nitrogens is 5. The van der Waals surface area contributed by atoms with Gasteiger partial charge in [0.05, 0.1) is 36.2 Å². The number of nitrogens with zero attached hydrogens (tertiary/aromatic N) is 5. The first kappa shape index (κ1) is 20.0. The van der Waals surface area contributed by atoms with Crippen molar-refractivity contribution in [2.24, 2.45) is 0 Å². The Kier molecular flexibility index (Phi) is 4.98. The number of methoxy groups -OCH3 is 1. The van der Waals surface area contributed by atoms with E-state index in [0.717, 1.165) is 39.5 Å². The predicted molar refractivity (Wildman–Crippen MR) is 126 cm³/mol. The number of hydrogen-bond donors (Lipinski definition) is 0. The van der Waals surface area contributed by atoms with Crippen LogP contribution in [0.4, 0.5) is 0 Å². The molecule has 0 saturated carbocycles. The van der Waals surface area contributed by atoms with Crippen LogP contribution in [-0.4, -0.2) is 31.2 Å². The van der Waals surface area contributed by atoms with Gasteiger partial charge in [0, 0.05) is 29.8 Å². The van der Waals surface area contributed by atoms with E-state index in [1.807, 2.05) is 36.0 Å². The quantitative estimate of drug-likeness (QED) is 0.381. The SMILES string of the molecule is COc1cc(-n2ccc3c(C(C)c4ccc(C)cc4)ncnc32)ccc1-n1cnc(C)c1. The van der Waals surface area contributed by atoms with Gasteiger partial charge in [0.1, 0.15) is 17.7 Å². The molecule has 0 bridgehead atoms. The van der Waals surface area contributed by atoms with Gasteiger partial charge in [0.2, 0.25) is 0 Å². The second-order valence-electron chi connectivity index (χ2n) is 8.09. The summed E-state index contributed by atoms with van der Waals surface area (Å²) in [6, 6.07) is 16.9. The van der Waals surface area contributed by atoms with E-state index < -0.39 is 0 Å². The van der Waals surface area contributed by atoms with Gasteiger partial charge < -0.3 is 13.9 Å². The van der Waals surface area contributed by atoms with Crippen molar-refractivity contribution in [1.82, 2.24) is 24.1 Å². The fourth-order valence-electron chi connectivity index (χ4n) is 4.12. The predicted octanol–water partition coefficient (Wildman–Crippen LogP) is 5.38. The first-order valence-electron chi connectivity index (χ1n) is 10.6. The Labute approximate surface area is 187 Å². The van der Waals surface area contributed by atoms with Crippen molar-refractivity contribution in [2.45, 2.75) is 26.7 Å². The third-order valence-corrected chi connectivity index (χ3v) is 5.93. The van der Waals surface area contributed by atoms with E-state index in [-0.39, 0.29) is 5.92 Å². The normalized spacial score (nSPS) is 12.2. The summed E-state index contributed by atoms with van der Waals surface area (Å²) in [4.78, 5) is 13.6. The molecule has 0 aliphatic rings. The molecule has 0 amide bonds. The molecule has 1 atom stereocenters. The fraction of sp³-hybridized carbons (Fsp3) is 0.192. The molecule has 5 rings (SSSR count). The molecule has 5 aromatic rings. The zero-order valence-electron chi connectivity index (χ0n) is 18.6. The van der Waals surface area contributed by atoms with Crippen molar-refractivity contribution in [3.63, 3.8) is 0 Å². The van der Waals surface area contributed by atoms with E-state index in [9.17, 15) is 0 Å². The lowest BCUT2D eigenvalue weighted by Gasteiger charge is -2.14. The molecule has 0 saturated heterocycles. The van der Waals surface area contributed by atoms with Gasteiger partial charge in [-0.1, -0.05) is 36.8 Å². The largest absolute Gasteiger partial charge is 0.494 e. The maximum Gasteiger partial charge on any atom is 0.148 e. The van der Waals surface area contributed by atoms with Crippen LogP contribution in [0.3, 0.4) is 0 Å². The molecule has 3 heterocycles. The molecule has 0 fully saturated rings. The van der Waals surface area contributed by atoms with Gasteiger partial charge in [-0.2, -0.15) is 0 Å². The third-order valence-electron chi connectivity index (χ3n) is 5.93. The highest BCUT2D eigenvalue weighted by Gasteiger charge is 2.17. The fourth-order valence-corrected chi connectivity index (χ4v) is 4.12.